The molecule has 0 aliphatic heterocycles. The second-order valence-electron chi connectivity index (χ2n) is 7.85. The summed E-state index contributed by atoms with van der Waals surface area (Å²) in [5.41, 5.74) is 13.8. The van der Waals surface area contributed by atoms with E-state index >= 15 is 0 Å². The second kappa shape index (κ2) is 7.19. The summed E-state index contributed by atoms with van der Waals surface area (Å²) >= 11 is 0. The van der Waals surface area contributed by atoms with Crippen LogP contribution in [0.1, 0.15) is 11.1 Å². The predicted octanol–water partition coefficient (Wildman–Crippen LogP) is 3.98. The molecule has 4 aromatic carbocycles. The van der Waals surface area contributed by atoms with Gasteiger partial charge in [-0.05, 0) is 59.7 Å². The van der Waals surface area contributed by atoms with Gasteiger partial charge in [0.05, 0.1) is 9.79 Å². The summed E-state index contributed by atoms with van der Waals surface area (Å²) in [6, 6.07) is 24.6. The Bertz CT molecular complexity index is 1470. The molecule has 166 valence electrons. The van der Waals surface area contributed by atoms with Crippen molar-refractivity contribution in [1.29, 1.82) is 0 Å². The topological polar surface area (TPSA) is 120 Å². The van der Waals surface area contributed by atoms with Gasteiger partial charge < -0.3 is 11.5 Å². The molecule has 5 rings (SSSR count). The van der Waals surface area contributed by atoms with Crippen molar-refractivity contribution < 1.29 is 16.8 Å². The van der Waals surface area contributed by atoms with Crippen molar-refractivity contribution in [1.82, 2.24) is 0 Å². The summed E-state index contributed by atoms with van der Waals surface area (Å²) < 4.78 is 55.4. The van der Waals surface area contributed by atoms with E-state index in [1.54, 1.807) is 48.5 Å². The highest BCUT2D eigenvalue weighted by atomic mass is 32.3. The molecule has 0 atom stereocenters. The van der Waals surface area contributed by atoms with Gasteiger partial charge in [0.15, 0.2) is 0 Å². The van der Waals surface area contributed by atoms with E-state index in [-0.39, 0.29) is 20.9 Å². The minimum absolute atomic E-state index is 0.137. The maximum absolute atomic E-state index is 14.4. The molecule has 8 heteroatoms. The third-order valence-electron chi connectivity index (χ3n) is 5.99. The number of anilines is 2. The van der Waals surface area contributed by atoms with Gasteiger partial charge in [-0.3, -0.25) is 0 Å². The number of sulfone groups is 2. The summed E-state index contributed by atoms with van der Waals surface area (Å²) in [6.07, 6.45) is 0. The number of fused-ring (bicyclic) bond motifs is 3. The molecule has 0 radical (unpaired) electrons. The minimum Gasteiger partial charge on any atom is -0.399 e. The molecule has 4 aromatic rings. The summed E-state index contributed by atoms with van der Waals surface area (Å²) in [6.45, 7) is 0. The zero-order valence-corrected chi connectivity index (χ0v) is 19.0. The molecule has 1 aliphatic carbocycles. The molecule has 4 N–H and O–H groups in total. The number of benzene rings is 4. The molecule has 0 spiro atoms. The fraction of sp³-hybridized carbons (Fsp3) is 0.0400. The van der Waals surface area contributed by atoms with E-state index in [2.05, 4.69) is 0 Å². The van der Waals surface area contributed by atoms with Crippen LogP contribution >= 0.6 is 0 Å². The number of rotatable bonds is 4. The standard InChI is InChI=1S/C25H20N2O4S2/c26-17-9-13-19(14-10-17)32(28,29)25(33(30,31)20-15-11-18(27)12-16-20)23-7-3-1-5-21(23)22-6-2-4-8-24(22)25/h1-16H,26-27H2. The molecular formula is C25H20N2O4S2. The number of nitrogens with two attached hydrogens (primary N) is 2. The molecule has 0 unspecified atom stereocenters. The number of nitrogen functional groups attached to an aromatic ring is 2. The molecule has 33 heavy (non-hydrogen) atoms. The highest BCUT2D eigenvalue weighted by molar-refractivity contribution is 8.10. The Morgan fingerprint density at radius 2 is 0.818 bits per heavy atom. The lowest BCUT2D eigenvalue weighted by atomic mass is 10.1. The van der Waals surface area contributed by atoms with Crippen molar-refractivity contribution in [2.75, 3.05) is 11.5 Å². The van der Waals surface area contributed by atoms with Crippen LogP contribution in [0.4, 0.5) is 11.4 Å². The highest BCUT2D eigenvalue weighted by Gasteiger charge is 2.63. The molecule has 0 saturated carbocycles. The van der Waals surface area contributed by atoms with Gasteiger partial charge in [0.25, 0.3) is 0 Å². The van der Waals surface area contributed by atoms with E-state index in [0.717, 1.165) is 0 Å². The van der Waals surface area contributed by atoms with Gasteiger partial charge in [-0.15, -0.1) is 0 Å². The predicted molar refractivity (Wildman–Crippen MR) is 129 cm³/mol. The Kier molecular flexibility index (Phi) is 4.63. The smallest absolute Gasteiger partial charge is 0.232 e. The Morgan fingerprint density at radius 1 is 0.485 bits per heavy atom. The average Bonchev–Trinajstić information content (AvgIpc) is 3.12. The van der Waals surface area contributed by atoms with Crippen LogP contribution < -0.4 is 11.5 Å². The van der Waals surface area contributed by atoms with Crippen LogP contribution in [-0.2, 0) is 23.8 Å². The average molecular weight is 477 g/mol. The Balaban J connectivity index is 1.97. The number of hydrogen-bond acceptors (Lipinski definition) is 6. The summed E-state index contributed by atoms with van der Waals surface area (Å²) in [7, 11) is -9.07. The second-order valence-corrected chi connectivity index (χ2v) is 12.3. The van der Waals surface area contributed by atoms with Gasteiger partial charge in [0, 0.05) is 22.5 Å². The van der Waals surface area contributed by atoms with E-state index in [4.69, 9.17) is 11.5 Å². The molecule has 6 nitrogen and oxygen atoms in total. The van der Waals surface area contributed by atoms with Crippen molar-refractivity contribution in [3.8, 4) is 11.1 Å². The van der Waals surface area contributed by atoms with E-state index in [9.17, 15) is 16.8 Å². The van der Waals surface area contributed by atoms with E-state index in [1.165, 1.54) is 48.5 Å². The van der Waals surface area contributed by atoms with Gasteiger partial charge >= 0.3 is 0 Å². The lowest BCUT2D eigenvalue weighted by molar-refractivity contribution is 0.560. The Morgan fingerprint density at radius 3 is 1.18 bits per heavy atom. The lowest BCUT2D eigenvalue weighted by Crippen LogP contribution is -2.43. The Labute approximate surface area is 192 Å². The molecule has 1 aliphatic rings. The first-order chi connectivity index (χ1) is 15.7. The fourth-order valence-electron chi connectivity index (χ4n) is 4.50. The normalized spacial score (nSPS) is 14.4. The van der Waals surface area contributed by atoms with E-state index in [1.807, 2.05) is 0 Å². The van der Waals surface area contributed by atoms with Gasteiger partial charge in [0.1, 0.15) is 0 Å². The van der Waals surface area contributed by atoms with Crippen molar-refractivity contribution >= 4 is 31.0 Å². The Hall–Kier alpha value is -3.62. The van der Waals surface area contributed by atoms with Gasteiger partial charge in [-0.1, -0.05) is 48.5 Å². The monoisotopic (exact) mass is 476 g/mol. The third-order valence-corrected chi connectivity index (χ3v) is 11.5. The summed E-state index contributed by atoms with van der Waals surface area (Å²) in [4.78, 5) is -0.274. The van der Waals surface area contributed by atoms with Crippen molar-refractivity contribution in [2.45, 2.75) is 13.9 Å². The molecule has 0 fully saturated rings. The molecule has 0 saturated heterocycles. The lowest BCUT2D eigenvalue weighted by Gasteiger charge is -2.31. The first-order valence-corrected chi connectivity index (χ1v) is 13.1. The van der Waals surface area contributed by atoms with E-state index in [0.29, 0.717) is 22.5 Å². The molecule has 0 amide bonds. The zero-order chi connectivity index (χ0) is 23.4. The largest absolute Gasteiger partial charge is 0.399 e. The van der Waals surface area contributed by atoms with Crippen LogP contribution in [0.25, 0.3) is 11.1 Å². The zero-order valence-electron chi connectivity index (χ0n) is 17.3. The fourth-order valence-corrected chi connectivity index (χ4v) is 9.76. The molecule has 0 aromatic heterocycles. The van der Waals surface area contributed by atoms with Crippen LogP contribution in [-0.4, -0.2) is 16.8 Å². The van der Waals surface area contributed by atoms with Crippen LogP contribution in [0.5, 0.6) is 0 Å². The number of hydrogen-bond donors (Lipinski definition) is 2. The maximum atomic E-state index is 14.4. The van der Waals surface area contributed by atoms with Crippen molar-refractivity contribution in [3.63, 3.8) is 0 Å². The van der Waals surface area contributed by atoms with Crippen LogP contribution in [0.3, 0.4) is 0 Å². The first kappa shape index (κ1) is 21.2. The quantitative estimate of drug-likeness (QED) is 0.430. The summed E-state index contributed by atoms with van der Waals surface area (Å²) in [5, 5.41) is 0. The van der Waals surface area contributed by atoms with Gasteiger partial charge in [-0.2, -0.15) is 0 Å². The SMILES string of the molecule is Nc1ccc(S(=O)(=O)C2(S(=O)(=O)c3ccc(N)cc3)c3ccccc3-c3ccccc32)cc1. The molecule has 0 heterocycles. The van der Waals surface area contributed by atoms with Gasteiger partial charge in [-0.25, -0.2) is 16.8 Å². The highest BCUT2D eigenvalue weighted by Crippen LogP contribution is 2.58. The maximum Gasteiger partial charge on any atom is 0.232 e. The van der Waals surface area contributed by atoms with Crippen LogP contribution in [0.15, 0.2) is 107 Å². The van der Waals surface area contributed by atoms with Crippen molar-refractivity contribution in [3.05, 3.63) is 108 Å². The third kappa shape index (κ3) is 2.77. The van der Waals surface area contributed by atoms with Gasteiger partial charge in [0.2, 0.25) is 23.8 Å². The van der Waals surface area contributed by atoms with Crippen LogP contribution in [0.2, 0.25) is 0 Å². The van der Waals surface area contributed by atoms with Crippen molar-refractivity contribution in [2.24, 2.45) is 0 Å². The molecule has 0 bridgehead atoms. The van der Waals surface area contributed by atoms with E-state index < -0.39 is 23.8 Å². The first-order valence-electron chi connectivity index (χ1n) is 10.1. The summed E-state index contributed by atoms with van der Waals surface area (Å²) in [5.74, 6) is 0. The molecular weight excluding hydrogens is 456 g/mol. The van der Waals surface area contributed by atoms with Crippen LogP contribution in [0, 0.1) is 0 Å². The minimum atomic E-state index is -4.53.